The minimum absolute atomic E-state index is 0.0202. The predicted molar refractivity (Wildman–Crippen MR) is 153 cm³/mol. The maximum Gasteiger partial charge on any atom is 0.300 e. The molecule has 0 spiro atoms. The molecule has 1 atom stereocenters. The van der Waals surface area contributed by atoms with Gasteiger partial charge < -0.3 is 15.2 Å². The molecule has 4 rings (SSSR count). The molecule has 2 amide bonds. The maximum atomic E-state index is 13.4. The summed E-state index contributed by atoms with van der Waals surface area (Å²) in [5.41, 5.74) is 3.31. The van der Waals surface area contributed by atoms with Crippen molar-refractivity contribution in [1.82, 2.24) is 0 Å². The van der Waals surface area contributed by atoms with Crippen LogP contribution in [-0.4, -0.2) is 29.3 Å². The largest absolute Gasteiger partial charge is 0.507 e. The number of hydrogen-bond donors (Lipinski definition) is 2. The van der Waals surface area contributed by atoms with Crippen molar-refractivity contribution in [2.45, 2.75) is 52.5 Å². The van der Waals surface area contributed by atoms with E-state index in [0.717, 1.165) is 31.2 Å². The fraction of sp³-hybridized carbons (Fsp3) is 0.281. The number of rotatable bonds is 10. The van der Waals surface area contributed by atoms with Gasteiger partial charge in [0.25, 0.3) is 11.7 Å². The number of carbonyl (C=O) groups excluding carboxylic acids is 3. The average molecular weight is 527 g/mol. The molecule has 0 aromatic heterocycles. The van der Waals surface area contributed by atoms with E-state index in [2.05, 4.69) is 19.2 Å². The molecule has 1 fully saturated rings. The van der Waals surface area contributed by atoms with Crippen LogP contribution in [0.4, 0.5) is 11.4 Å². The van der Waals surface area contributed by atoms with Crippen molar-refractivity contribution in [3.63, 3.8) is 0 Å². The van der Waals surface area contributed by atoms with E-state index in [1.165, 1.54) is 11.8 Å². The Labute approximate surface area is 229 Å². The molecule has 1 unspecified atom stereocenters. The molecular weight excluding hydrogens is 492 g/mol. The van der Waals surface area contributed by atoms with E-state index in [4.69, 9.17) is 4.74 Å². The standard InChI is InChI=1S/C32H34N2O5/c1-4-6-7-20-39-27-18-12-24(13-19-27)30(36)28-29(23-10-8-22(5-2)9-11-23)34(32(38)31(28)37)26-16-14-25(15-17-26)33-21(3)35/h8-19,29,36H,4-7,20H2,1-3H3,(H,33,35)/b30-28+. The number of hydrogen-bond acceptors (Lipinski definition) is 5. The van der Waals surface area contributed by atoms with Crippen LogP contribution in [-0.2, 0) is 20.8 Å². The number of aliphatic hydroxyl groups is 1. The normalized spacial score (nSPS) is 16.4. The molecule has 0 bridgehead atoms. The van der Waals surface area contributed by atoms with Crippen molar-refractivity contribution in [2.24, 2.45) is 0 Å². The van der Waals surface area contributed by atoms with E-state index in [1.807, 2.05) is 24.3 Å². The highest BCUT2D eigenvalue weighted by Crippen LogP contribution is 2.42. The van der Waals surface area contributed by atoms with Gasteiger partial charge in [-0.15, -0.1) is 0 Å². The maximum absolute atomic E-state index is 13.4. The van der Waals surface area contributed by atoms with Gasteiger partial charge >= 0.3 is 0 Å². The molecule has 39 heavy (non-hydrogen) atoms. The van der Waals surface area contributed by atoms with Crippen molar-refractivity contribution in [1.29, 1.82) is 0 Å². The molecular formula is C32H34N2O5. The Morgan fingerprint density at radius 3 is 2.18 bits per heavy atom. The second-order valence-electron chi connectivity index (χ2n) is 9.57. The minimum Gasteiger partial charge on any atom is -0.507 e. The topological polar surface area (TPSA) is 95.9 Å². The quantitative estimate of drug-likeness (QED) is 0.138. The number of ether oxygens (including phenoxy) is 1. The monoisotopic (exact) mass is 526 g/mol. The summed E-state index contributed by atoms with van der Waals surface area (Å²) >= 11 is 0. The molecule has 0 aliphatic carbocycles. The summed E-state index contributed by atoms with van der Waals surface area (Å²) in [5, 5.41) is 14.1. The third-order valence-electron chi connectivity index (χ3n) is 6.76. The number of anilines is 2. The van der Waals surface area contributed by atoms with E-state index < -0.39 is 17.7 Å². The lowest BCUT2D eigenvalue weighted by molar-refractivity contribution is -0.132. The first-order valence-corrected chi connectivity index (χ1v) is 13.3. The minimum atomic E-state index is -0.826. The molecule has 3 aromatic rings. The summed E-state index contributed by atoms with van der Waals surface area (Å²) < 4.78 is 5.77. The molecule has 7 nitrogen and oxygen atoms in total. The summed E-state index contributed by atoms with van der Waals surface area (Å²) in [6.45, 7) is 6.21. The number of aliphatic hydroxyl groups excluding tert-OH is 1. The molecule has 3 aromatic carbocycles. The summed E-state index contributed by atoms with van der Waals surface area (Å²) in [7, 11) is 0. The van der Waals surface area contributed by atoms with E-state index in [1.54, 1.807) is 48.5 Å². The second kappa shape index (κ2) is 12.4. The first-order chi connectivity index (χ1) is 18.8. The zero-order valence-corrected chi connectivity index (χ0v) is 22.6. The van der Waals surface area contributed by atoms with Gasteiger partial charge in [0.15, 0.2) is 0 Å². The number of nitrogens with zero attached hydrogens (tertiary/aromatic N) is 1. The second-order valence-corrected chi connectivity index (χ2v) is 9.57. The zero-order valence-electron chi connectivity index (χ0n) is 22.6. The number of unbranched alkanes of at least 4 members (excludes halogenated alkanes) is 2. The third kappa shape index (κ3) is 6.20. The van der Waals surface area contributed by atoms with Crippen LogP contribution in [0.2, 0.25) is 0 Å². The number of aryl methyl sites for hydroxylation is 1. The number of ketones is 1. The zero-order chi connectivity index (χ0) is 27.9. The van der Waals surface area contributed by atoms with Crippen LogP contribution in [0.15, 0.2) is 78.4 Å². The lowest BCUT2D eigenvalue weighted by Crippen LogP contribution is -2.29. The Bertz CT molecular complexity index is 1360. The van der Waals surface area contributed by atoms with Gasteiger partial charge in [-0.2, -0.15) is 0 Å². The number of nitrogens with one attached hydrogen (secondary N) is 1. The fourth-order valence-corrected chi connectivity index (χ4v) is 4.67. The highest BCUT2D eigenvalue weighted by atomic mass is 16.5. The van der Waals surface area contributed by atoms with Gasteiger partial charge in [-0.3, -0.25) is 19.3 Å². The molecule has 202 valence electrons. The average Bonchev–Trinajstić information content (AvgIpc) is 3.21. The Balaban J connectivity index is 1.74. The smallest absolute Gasteiger partial charge is 0.300 e. The molecule has 0 radical (unpaired) electrons. The van der Waals surface area contributed by atoms with Gasteiger partial charge in [0.1, 0.15) is 11.5 Å². The van der Waals surface area contributed by atoms with E-state index in [-0.39, 0.29) is 17.2 Å². The molecule has 0 saturated carbocycles. The van der Waals surface area contributed by atoms with Crippen molar-refractivity contribution in [2.75, 3.05) is 16.8 Å². The van der Waals surface area contributed by atoms with Crippen molar-refractivity contribution in [3.8, 4) is 5.75 Å². The van der Waals surface area contributed by atoms with Crippen molar-refractivity contribution in [3.05, 3.63) is 95.1 Å². The van der Waals surface area contributed by atoms with Crippen LogP contribution in [0.1, 0.15) is 62.8 Å². The highest BCUT2D eigenvalue weighted by Gasteiger charge is 2.46. The lowest BCUT2D eigenvalue weighted by atomic mass is 9.94. The Morgan fingerprint density at radius 1 is 0.923 bits per heavy atom. The van der Waals surface area contributed by atoms with E-state index in [0.29, 0.717) is 34.9 Å². The van der Waals surface area contributed by atoms with Crippen LogP contribution in [0.5, 0.6) is 5.75 Å². The fourth-order valence-electron chi connectivity index (χ4n) is 4.67. The van der Waals surface area contributed by atoms with Gasteiger partial charge in [-0.25, -0.2) is 0 Å². The van der Waals surface area contributed by atoms with Gasteiger partial charge in [0.2, 0.25) is 5.91 Å². The first kappa shape index (κ1) is 27.6. The Hall–Kier alpha value is -4.39. The Morgan fingerprint density at radius 2 is 1.59 bits per heavy atom. The van der Waals surface area contributed by atoms with Gasteiger partial charge in [0.05, 0.1) is 18.2 Å². The summed E-state index contributed by atoms with van der Waals surface area (Å²) in [6, 6.07) is 20.4. The summed E-state index contributed by atoms with van der Waals surface area (Å²) in [5.74, 6) is -1.27. The number of Topliss-reactive ketones (excluding diaryl/α,β-unsaturated/α-hetero) is 1. The molecule has 1 aliphatic heterocycles. The van der Waals surface area contributed by atoms with E-state index >= 15 is 0 Å². The summed E-state index contributed by atoms with van der Waals surface area (Å²) in [6.07, 6.45) is 4.01. The van der Waals surface area contributed by atoms with Crippen LogP contribution < -0.4 is 15.0 Å². The van der Waals surface area contributed by atoms with Crippen LogP contribution in [0.25, 0.3) is 5.76 Å². The first-order valence-electron chi connectivity index (χ1n) is 13.3. The molecule has 1 saturated heterocycles. The lowest BCUT2D eigenvalue weighted by Gasteiger charge is -2.26. The predicted octanol–water partition coefficient (Wildman–Crippen LogP) is 6.40. The number of amides is 2. The Kier molecular flexibility index (Phi) is 8.81. The molecule has 2 N–H and O–H groups in total. The number of benzene rings is 3. The molecule has 1 heterocycles. The van der Waals surface area contributed by atoms with Crippen LogP contribution >= 0.6 is 0 Å². The third-order valence-corrected chi connectivity index (χ3v) is 6.76. The van der Waals surface area contributed by atoms with Crippen molar-refractivity contribution < 1.29 is 24.2 Å². The van der Waals surface area contributed by atoms with E-state index in [9.17, 15) is 19.5 Å². The van der Waals surface area contributed by atoms with Gasteiger partial charge in [0, 0.05) is 23.9 Å². The van der Waals surface area contributed by atoms with Gasteiger partial charge in [-0.1, -0.05) is 51.0 Å². The van der Waals surface area contributed by atoms with Crippen LogP contribution in [0.3, 0.4) is 0 Å². The molecule has 7 heteroatoms. The summed E-state index contributed by atoms with van der Waals surface area (Å²) in [4.78, 5) is 39.6. The van der Waals surface area contributed by atoms with Crippen LogP contribution in [0, 0.1) is 0 Å². The highest BCUT2D eigenvalue weighted by molar-refractivity contribution is 6.51. The SMILES string of the molecule is CCCCCOc1ccc(/C(O)=C2\C(=O)C(=O)N(c3ccc(NC(C)=O)cc3)C2c2ccc(CC)cc2)cc1. The number of carbonyl (C=O) groups is 3. The molecule has 1 aliphatic rings. The van der Waals surface area contributed by atoms with Gasteiger partial charge in [-0.05, 0) is 72.5 Å². The van der Waals surface area contributed by atoms with Crippen molar-refractivity contribution >= 4 is 34.7 Å².